The lowest BCUT2D eigenvalue weighted by atomic mass is 10.2. The normalized spacial score (nSPS) is 10.4. The summed E-state index contributed by atoms with van der Waals surface area (Å²) in [5.74, 6) is -0.603. The molecule has 0 bridgehead atoms. The van der Waals surface area contributed by atoms with Gasteiger partial charge in [-0.05, 0) is 34.5 Å². The minimum absolute atomic E-state index is 0.121. The van der Waals surface area contributed by atoms with Gasteiger partial charge in [0.15, 0.2) is 5.69 Å². The first-order valence-electron chi connectivity index (χ1n) is 7.05. The SMILES string of the molecule is CCCNC(=O)c1nn(C)c(NC(=O)c2ccccc2O)c1Br. The highest BCUT2D eigenvalue weighted by atomic mass is 79.9. The van der Waals surface area contributed by atoms with Crippen molar-refractivity contribution in [3.63, 3.8) is 0 Å². The van der Waals surface area contributed by atoms with Crippen molar-refractivity contribution < 1.29 is 14.7 Å². The summed E-state index contributed by atoms with van der Waals surface area (Å²) in [5, 5.41) is 19.2. The van der Waals surface area contributed by atoms with Gasteiger partial charge >= 0.3 is 0 Å². The molecule has 8 heteroatoms. The van der Waals surface area contributed by atoms with Crippen LogP contribution in [-0.4, -0.2) is 33.2 Å². The monoisotopic (exact) mass is 380 g/mol. The Morgan fingerprint density at radius 1 is 1.30 bits per heavy atom. The molecule has 0 unspecified atom stereocenters. The van der Waals surface area contributed by atoms with E-state index in [4.69, 9.17) is 0 Å². The summed E-state index contributed by atoms with van der Waals surface area (Å²) in [5.41, 5.74) is 0.325. The number of phenolic OH excluding ortho intramolecular Hbond substituents is 1. The number of para-hydroxylation sites is 1. The minimum Gasteiger partial charge on any atom is -0.507 e. The third-order valence-electron chi connectivity index (χ3n) is 3.12. The molecule has 0 fully saturated rings. The van der Waals surface area contributed by atoms with Crippen molar-refractivity contribution >= 4 is 33.6 Å². The van der Waals surface area contributed by atoms with Crippen LogP contribution < -0.4 is 10.6 Å². The zero-order valence-corrected chi connectivity index (χ0v) is 14.3. The molecule has 1 aromatic carbocycles. The van der Waals surface area contributed by atoms with Crippen LogP contribution in [-0.2, 0) is 7.05 Å². The van der Waals surface area contributed by atoms with Crippen LogP contribution >= 0.6 is 15.9 Å². The predicted molar refractivity (Wildman–Crippen MR) is 89.6 cm³/mol. The standard InChI is InChI=1S/C15H17BrN4O3/c1-3-8-17-15(23)12-11(16)13(20(2)19-12)18-14(22)9-6-4-5-7-10(9)21/h4-7,21H,3,8H2,1-2H3,(H,17,23)(H,18,22). The highest BCUT2D eigenvalue weighted by Gasteiger charge is 2.22. The van der Waals surface area contributed by atoms with Crippen LogP contribution in [0.25, 0.3) is 0 Å². The van der Waals surface area contributed by atoms with Crippen molar-refractivity contribution in [2.24, 2.45) is 7.05 Å². The summed E-state index contributed by atoms with van der Waals surface area (Å²) in [4.78, 5) is 24.3. The molecule has 23 heavy (non-hydrogen) atoms. The first-order valence-corrected chi connectivity index (χ1v) is 7.85. The van der Waals surface area contributed by atoms with Gasteiger partial charge in [-0.1, -0.05) is 19.1 Å². The second kappa shape index (κ2) is 7.28. The quantitative estimate of drug-likeness (QED) is 0.741. The fourth-order valence-corrected chi connectivity index (χ4v) is 2.56. The lowest BCUT2D eigenvalue weighted by molar-refractivity contribution is 0.0946. The number of aromatic nitrogens is 2. The highest BCUT2D eigenvalue weighted by Crippen LogP contribution is 2.27. The molecule has 1 heterocycles. The van der Waals surface area contributed by atoms with E-state index in [1.165, 1.54) is 16.8 Å². The Balaban J connectivity index is 2.24. The maximum Gasteiger partial charge on any atom is 0.273 e. The van der Waals surface area contributed by atoms with Crippen LogP contribution in [0.4, 0.5) is 5.82 Å². The van der Waals surface area contributed by atoms with Gasteiger partial charge in [-0.2, -0.15) is 5.10 Å². The van der Waals surface area contributed by atoms with Crippen LogP contribution in [0.1, 0.15) is 34.2 Å². The lowest BCUT2D eigenvalue weighted by Gasteiger charge is -2.07. The Kier molecular flexibility index (Phi) is 5.38. The van der Waals surface area contributed by atoms with Crippen molar-refractivity contribution in [1.29, 1.82) is 0 Å². The summed E-state index contributed by atoms with van der Waals surface area (Å²) < 4.78 is 1.78. The van der Waals surface area contributed by atoms with Gasteiger partial charge in [0.25, 0.3) is 11.8 Å². The highest BCUT2D eigenvalue weighted by molar-refractivity contribution is 9.10. The van der Waals surface area contributed by atoms with E-state index in [1.807, 2.05) is 6.92 Å². The van der Waals surface area contributed by atoms with Crippen LogP contribution in [0.2, 0.25) is 0 Å². The molecule has 0 aliphatic heterocycles. The molecule has 2 amide bonds. The van der Waals surface area contributed by atoms with Crippen molar-refractivity contribution in [3.8, 4) is 5.75 Å². The lowest BCUT2D eigenvalue weighted by Crippen LogP contribution is -2.24. The molecule has 0 atom stereocenters. The Morgan fingerprint density at radius 2 is 2.00 bits per heavy atom. The van der Waals surface area contributed by atoms with Gasteiger partial charge in [0.1, 0.15) is 11.6 Å². The van der Waals surface area contributed by atoms with E-state index in [0.29, 0.717) is 16.8 Å². The number of halogens is 1. The molecule has 2 rings (SSSR count). The first kappa shape index (κ1) is 17.0. The third kappa shape index (κ3) is 3.70. The number of benzene rings is 1. The fraction of sp³-hybridized carbons (Fsp3) is 0.267. The molecule has 122 valence electrons. The number of amides is 2. The minimum atomic E-state index is -0.493. The van der Waals surface area contributed by atoms with Gasteiger partial charge in [-0.25, -0.2) is 0 Å². The Morgan fingerprint density at radius 3 is 2.65 bits per heavy atom. The topological polar surface area (TPSA) is 96.3 Å². The van der Waals surface area contributed by atoms with Gasteiger partial charge in [0.2, 0.25) is 0 Å². The molecule has 0 aliphatic rings. The van der Waals surface area contributed by atoms with Gasteiger partial charge in [-0.15, -0.1) is 0 Å². The summed E-state index contributed by atoms with van der Waals surface area (Å²) >= 11 is 3.29. The number of aryl methyl sites for hydroxylation is 1. The number of anilines is 1. The molecule has 0 saturated heterocycles. The summed E-state index contributed by atoms with van der Waals surface area (Å²) in [7, 11) is 1.61. The second-order valence-corrected chi connectivity index (χ2v) is 5.65. The third-order valence-corrected chi connectivity index (χ3v) is 3.87. The molecular formula is C15H17BrN4O3. The van der Waals surface area contributed by atoms with Gasteiger partial charge in [0.05, 0.1) is 10.0 Å². The number of phenols is 1. The zero-order chi connectivity index (χ0) is 17.0. The largest absolute Gasteiger partial charge is 0.507 e. The van der Waals surface area contributed by atoms with Crippen LogP contribution in [0.5, 0.6) is 5.75 Å². The Hall–Kier alpha value is -2.35. The van der Waals surface area contributed by atoms with E-state index < -0.39 is 5.91 Å². The van der Waals surface area contributed by atoms with Gasteiger partial charge < -0.3 is 15.7 Å². The average molecular weight is 381 g/mol. The van der Waals surface area contributed by atoms with E-state index in [2.05, 4.69) is 31.7 Å². The molecular weight excluding hydrogens is 364 g/mol. The van der Waals surface area contributed by atoms with Crippen molar-refractivity contribution in [2.75, 3.05) is 11.9 Å². The molecule has 0 aliphatic carbocycles. The van der Waals surface area contributed by atoms with E-state index in [0.717, 1.165) is 6.42 Å². The Labute approximate surface area is 141 Å². The molecule has 2 aromatic rings. The number of nitrogens with zero attached hydrogens (tertiary/aromatic N) is 2. The maximum atomic E-state index is 12.3. The van der Waals surface area contributed by atoms with E-state index in [1.54, 1.807) is 19.2 Å². The average Bonchev–Trinajstić information content (AvgIpc) is 2.81. The first-order chi connectivity index (χ1) is 11.0. The smallest absolute Gasteiger partial charge is 0.273 e. The number of hydrogen-bond donors (Lipinski definition) is 3. The molecule has 3 N–H and O–H groups in total. The number of nitrogens with one attached hydrogen (secondary N) is 2. The molecule has 7 nitrogen and oxygen atoms in total. The summed E-state index contributed by atoms with van der Waals surface area (Å²) in [6.45, 7) is 2.49. The van der Waals surface area contributed by atoms with Gasteiger partial charge in [-0.3, -0.25) is 14.3 Å². The van der Waals surface area contributed by atoms with Crippen molar-refractivity contribution in [3.05, 3.63) is 40.0 Å². The van der Waals surface area contributed by atoms with Crippen LogP contribution in [0, 0.1) is 0 Å². The number of carbonyl (C=O) groups is 2. The number of aromatic hydroxyl groups is 1. The Bertz CT molecular complexity index is 742. The van der Waals surface area contributed by atoms with E-state index in [-0.39, 0.29) is 22.9 Å². The second-order valence-electron chi connectivity index (χ2n) is 4.86. The number of carbonyl (C=O) groups excluding carboxylic acids is 2. The van der Waals surface area contributed by atoms with E-state index in [9.17, 15) is 14.7 Å². The fourth-order valence-electron chi connectivity index (χ4n) is 1.94. The van der Waals surface area contributed by atoms with Crippen molar-refractivity contribution in [2.45, 2.75) is 13.3 Å². The molecule has 0 spiro atoms. The summed E-state index contributed by atoms with van der Waals surface area (Å²) in [6, 6.07) is 6.21. The molecule has 0 saturated carbocycles. The number of hydrogen-bond acceptors (Lipinski definition) is 4. The number of rotatable bonds is 5. The van der Waals surface area contributed by atoms with Crippen molar-refractivity contribution in [1.82, 2.24) is 15.1 Å². The van der Waals surface area contributed by atoms with E-state index >= 15 is 0 Å². The molecule has 1 aromatic heterocycles. The summed E-state index contributed by atoms with van der Waals surface area (Å²) in [6.07, 6.45) is 0.813. The molecule has 0 radical (unpaired) electrons. The zero-order valence-electron chi connectivity index (χ0n) is 12.8. The van der Waals surface area contributed by atoms with Crippen LogP contribution in [0.3, 0.4) is 0 Å². The van der Waals surface area contributed by atoms with Gasteiger partial charge in [0, 0.05) is 13.6 Å². The maximum absolute atomic E-state index is 12.3. The van der Waals surface area contributed by atoms with Crippen LogP contribution in [0.15, 0.2) is 28.7 Å². The predicted octanol–water partition coefficient (Wildman–Crippen LogP) is 2.28.